The van der Waals surface area contributed by atoms with Crippen molar-refractivity contribution < 1.29 is 4.74 Å². The van der Waals surface area contributed by atoms with Gasteiger partial charge < -0.3 is 14.2 Å². The second-order valence-corrected chi connectivity index (χ2v) is 7.79. The summed E-state index contributed by atoms with van der Waals surface area (Å²) >= 11 is 9.73. The zero-order chi connectivity index (χ0) is 18.0. The molecule has 0 spiro atoms. The van der Waals surface area contributed by atoms with Crippen LogP contribution in [0.5, 0.6) is 5.75 Å². The van der Waals surface area contributed by atoms with Crippen molar-refractivity contribution in [1.82, 2.24) is 9.47 Å². The molecule has 3 aromatic rings. The van der Waals surface area contributed by atoms with Gasteiger partial charge in [0.2, 0.25) is 0 Å². The molecular weight excluding hydrogens is 400 g/mol. The predicted octanol–water partition coefficient (Wildman–Crippen LogP) is 5.35. The number of nitrogens with zero attached hydrogens (tertiary/aromatic N) is 2. The van der Waals surface area contributed by atoms with E-state index in [0.29, 0.717) is 6.61 Å². The Bertz CT molecular complexity index is 872. The number of hydrogen-bond donors (Lipinski definition) is 0. The Balaban J connectivity index is 1.99. The molecule has 0 bridgehead atoms. The fourth-order valence-corrected chi connectivity index (χ4v) is 3.35. The Kier molecular flexibility index (Phi) is 5.72. The summed E-state index contributed by atoms with van der Waals surface area (Å²) in [6.07, 6.45) is 0. The second kappa shape index (κ2) is 7.81. The summed E-state index contributed by atoms with van der Waals surface area (Å²) in [7, 11) is 4.09. The van der Waals surface area contributed by atoms with Crippen molar-refractivity contribution in [3.63, 3.8) is 0 Å². The third kappa shape index (κ3) is 4.20. The summed E-state index contributed by atoms with van der Waals surface area (Å²) in [5, 5.41) is 1.80. The van der Waals surface area contributed by atoms with Crippen LogP contribution in [0.3, 0.4) is 0 Å². The van der Waals surface area contributed by atoms with Gasteiger partial charge >= 0.3 is 0 Å². The zero-order valence-electron chi connectivity index (χ0n) is 14.7. The molecular formula is C20H22BrClN2O. The minimum absolute atomic E-state index is 0.651. The van der Waals surface area contributed by atoms with Crippen molar-refractivity contribution in [2.75, 3.05) is 27.2 Å². The lowest BCUT2D eigenvalue weighted by atomic mass is 10.2. The number of halogens is 2. The van der Waals surface area contributed by atoms with E-state index in [0.717, 1.165) is 44.9 Å². The maximum atomic E-state index is 6.24. The molecule has 0 unspecified atom stereocenters. The Morgan fingerprint density at radius 1 is 1.12 bits per heavy atom. The summed E-state index contributed by atoms with van der Waals surface area (Å²) < 4.78 is 9.50. The van der Waals surface area contributed by atoms with E-state index in [1.54, 1.807) is 0 Å². The van der Waals surface area contributed by atoms with Crippen molar-refractivity contribution in [3.05, 3.63) is 63.2 Å². The number of fused-ring (bicyclic) bond motifs is 1. The van der Waals surface area contributed by atoms with E-state index in [1.165, 1.54) is 5.56 Å². The number of rotatable bonds is 6. The van der Waals surface area contributed by atoms with E-state index >= 15 is 0 Å². The monoisotopic (exact) mass is 420 g/mol. The van der Waals surface area contributed by atoms with Crippen LogP contribution in [0.2, 0.25) is 5.02 Å². The van der Waals surface area contributed by atoms with Gasteiger partial charge in [0, 0.05) is 28.0 Å². The van der Waals surface area contributed by atoms with Crippen molar-refractivity contribution in [2.24, 2.45) is 0 Å². The molecule has 2 aromatic carbocycles. The quantitative estimate of drug-likeness (QED) is 0.533. The first-order valence-corrected chi connectivity index (χ1v) is 9.43. The normalized spacial score (nSPS) is 11.4. The number of ether oxygens (including phenoxy) is 1. The van der Waals surface area contributed by atoms with Gasteiger partial charge in [0.15, 0.2) is 0 Å². The van der Waals surface area contributed by atoms with Crippen LogP contribution in [0, 0.1) is 6.92 Å². The van der Waals surface area contributed by atoms with Gasteiger partial charge in [-0.15, -0.1) is 0 Å². The lowest BCUT2D eigenvalue weighted by Gasteiger charge is -2.12. The predicted molar refractivity (Wildman–Crippen MR) is 109 cm³/mol. The minimum Gasteiger partial charge on any atom is -0.490 e. The van der Waals surface area contributed by atoms with Gasteiger partial charge in [-0.3, -0.25) is 0 Å². The SMILES string of the molecule is Cc1c(OCCN(C)C)c2cc(Cl)ccc2n1Cc1ccc(Br)cc1. The van der Waals surface area contributed by atoms with Crippen LogP contribution >= 0.6 is 27.5 Å². The first-order chi connectivity index (χ1) is 12.0. The van der Waals surface area contributed by atoms with Crippen molar-refractivity contribution in [2.45, 2.75) is 13.5 Å². The maximum Gasteiger partial charge on any atom is 0.147 e. The molecule has 5 heteroatoms. The molecule has 132 valence electrons. The molecule has 1 heterocycles. The van der Waals surface area contributed by atoms with Gasteiger partial charge in [-0.05, 0) is 56.9 Å². The third-order valence-corrected chi connectivity index (χ3v) is 5.03. The van der Waals surface area contributed by atoms with E-state index in [2.05, 4.69) is 62.7 Å². The van der Waals surface area contributed by atoms with E-state index in [-0.39, 0.29) is 0 Å². The summed E-state index contributed by atoms with van der Waals surface area (Å²) in [6, 6.07) is 14.4. The van der Waals surface area contributed by atoms with Crippen molar-refractivity contribution in [1.29, 1.82) is 0 Å². The summed E-state index contributed by atoms with van der Waals surface area (Å²) in [6.45, 7) is 4.43. The minimum atomic E-state index is 0.651. The second-order valence-electron chi connectivity index (χ2n) is 6.44. The topological polar surface area (TPSA) is 17.4 Å². The molecule has 0 radical (unpaired) electrons. The molecule has 0 fully saturated rings. The summed E-state index contributed by atoms with van der Waals surface area (Å²) in [5.74, 6) is 0.927. The van der Waals surface area contributed by atoms with Gasteiger partial charge in [-0.2, -0.15) is 0 Å². The van der Waals surface area contributed by atoms with Gasteiger partial charge in [0.1, 0.15) is 12.4 Å². The molecule has 0 saturated heterocycles. The lowest BCUT2D eigenvalue weighted by Crippen LogP contribution is -2.19. The first-order valence-electron chi connectivity index (χ1n) is 8.26. The lowest BCUT2D eigenvalue weighted by molar-refractivity contribution is 0.262. The Morgan fingerprint density at radius 3 is 2.52 bits per heavy atom. The highest BCUT2D eigenvalue weighted by atomic mass is 79.9. The van der Waals surface area contributed by atoms with Crippen LogP contribution in [-0.2, 0) is 6.54 Å². The van der Waals surface area contributed by atoms with Crippen LogP contribution in [0.15, 0.2) is 46.9 Å². The molecule has 0 amide bonds. The molecule has 25 heavy (non-hydrogen) atoms. The van der Waals surface area contributed by atoms with E-state index in [9.17, 15) is 0 Å². The van der Waals surface area contributed by atoms with Crippen molar-refractivity contribution >= 4 is 38.4 Å². The maximum absolute atomic E-state index is 6.24. The number of benzene rings is 2. The van der Waals surface area contributed by atoms with Crippen molar-refractivity contribution in [3.8, 4) is 5.75 Å². The Morgan fingerprint density at radius 2 is 1.84 bits per heavy atom. The van der Waals surface area contributed by atoms with Crippen LogP contribution in [0.1, 0.15) is 11.3 Å². The van der Waals surface area contributed by atoms with Gasteiger partial charge in [0.05, 0.1) is 11.2 Å². The fourth-order valence-electron chi connectivity index (χ4n) is 2.91. The molecule has 0 N–H and O–H groups in total. The van der Waals surface area contributed by atoms with Gasteiger partial charge in [-0.25, -0.2) is 0 Å². The molecule has 3 rings (SSSR count). The Labute approximate surface area is 162 Å². The third-order valence-electron chi connectivity index (χ3n) is 4.27. The van der Waals surface area contributed by atoms with E-state index < -0.39 is 0 Å². The highest BCUT2D eigenvalue weighted by Gasteiger charge is 2.16. The molecule has 0 aliphatic heterocycles. The number of hydrogen-bond acceptors (Lipinski definition) is 2. The molecule has 3 nitrogen and oxygen atoms in total. The largest absolute Gasteiger partial charge is 0.490 e. The molecule has 0 aliphatic rings. The average molecular weight is 422 g/mol. The first kappa shape index (κ1) is 18.3. The van der Waals surface area contributed by atoms with Crippen LogP contribution in [-0.4, -0.2) is 36.7 Å². The summed E-state index contributed by atoms with van der Waals surface area (Å²) in [4.78, 5) is 2.11. The highest BCUT2D eigenvalue weighted by Crippen LogP contribution is 2.35. The number of likely N-dealkylation sites (N-methyl/N-ethyl adjacent to an activating group) is 1. The summed E-state index contributed by atoms with van der Waals surface area (Å²) in [5.41, 5.74) is 3.52. The zero-order valence-corrected chi connectivity index (χ0v) is 17.1. The fraction of sp³-hybridized carbons (Fsp3) is 0.300. The van der Waals surface area contributed by atoms with Gasteiger partial charge in [0.25, 0.3) is 0 Å². The smallest absolute Gasteiger partial charge is 0.147 e. The Hall–Kier alpha value is -1.49. The van der Waals surface area contributed by atoms with Gasteiger partial charge in [-0.1, -0.05) is 39.7 Å². The average Bonchev–Trinajstić information content (AvgIpc) is 2.81. The van der Waals surface area contributed by atoms with E-state index in [4.69, 9.17) is 16.3 Å². The molecule has 1 aromatic heterocycles. The molecule has 0 aliphatic carbocycles. The molecule has 0 saturated carbocycles. The number of aromatic nitrogens is 1. The van der Waals surface area contributed by atoms with E-state index in [1.807, 2.05) is 26.2 Å². The molecule has 0 atom stereocenters. The van der Waals surface area contributed by atoms with Crippen LogP contribution in [0.25, 0.3) is 10.9 Å². The van der Waals surface area contributed by atoms with Crippen LogP contribution in [0.4, 0.5) is 0 Å². The highest BCUT2D eigenvalue weighted by molar-refractivity contribution is 9.10. The standard InChI is InChI=1S/C20H22BrClN2O/c1-14-20(25-11-10-23(2)3)18-12-17(22)8-9-19(18)24(14)13-15-4-6-16(21)7-5-15/h4-9,12H,10-11,13H2,1-3H3. The van der Waals surface area contributed by atoms with Crippen LogP contribution < -0.4 is 4.74 Å².